The van der Waals surface area contributed by atoms with Gasteiger partial charge in [-0.05, 0) is 30.7 Å². The van der Waals surface area contributed by atoms with Gasteiger partial charge in [0.25, 0.3) is 5.91 Å². The molecule has 0 bridgehead atoms. The van der Waals surface area contributed by atoms with Gasteiger partial charge in [-0.25, -0.2) is 8.42 Å². The molecule has 5 nitrogen and oxygen atoms in total. The molecule has 2 N–H and O–H groups in total. The molecule has 1 atom stereocenters. The van der Waals surface area contributed by atoms with Crippen LogP contribution in [0, 0.1) is 0 Å². The van der Waals surface area contributed by atoms with E-state index in [1.54, 1.807) is 30.3 Å². The summed E-state index contributed by atoms with van der Waals surface area (Å²) >= 11 is 0. The second-order valence-electron chi connectivity index (χ2n) is 6.32. The fourth-order valence-corrected chi connectivity index (χ4v) is 4.20. The molecule has 27 heavy (non-hydrogen) atoms. The van der Waals surface area contributed by atoms with Crippen LogP contribution in [0.1, 0.15) is 18.1 Å². The minimum absolute atomic E-state index is 0.199. The lowest BCUT2D eigenvalue weighted by Gasteiger charge is -2.22. The molecule has 0 radical (unpaired) electrons. The van der Waals surface area contributed by atoms with Crippen molar-refractivity contribution in [2.75, 3.05) is 11.1 Å². The Balaban J connectivity index is 2.11. The molecule has 0 heterocycles. The van der Waals surface area contributed by atoms with Gasteiger partial charge in [-0.2, -0.15) is 13.2 Å². The van der Waals surface area contributed by atoms with Gasteiger partial charge in [0.2, 0.25) is 0 Å². The van der Waals surface area contributed by atoms with Gasteiger partial charge in [-0.15, -0.1) is 0 Å². The number of hydrogen-bond donors (Lipinski definition) is 2. The van der Waals surface area contributed by atoms with Crippen molar-refractivity contribution < 1.29 is 31.5 Å². The Labute approximate surface area is 154 Å². The summed E-state index contributed by atoms with van der Waals surface area (Å²) in [6.45, 7) is 0.998. The van der Waals surface area contributed by atoms with E-state index in [1.165, 1.54) is 6.07 Å². The molecule has 1 amide bonds. The highest BCUT2D eigenvalue weighted by molar-refractivity contribution is 7.90. The number of rotatable bonds is 6. The molecule has 2 aromatic carbocycles. The Morgan fingerprint density at radius 2 is 1.70 bits per heavy atom. The molecule has 0 saturated carbocycles. The topological polar surface area (TPSA) is 83.5 Å². The van der Waals surface area contributed by atoms with Gasteiger partial charge in [-0.1, -0.05) is 36.4 Å². The summed E-state index contributed by atoms with van der Waals surface area (Å²) in [5.74, 6) is -2.36. The molecule has 0 unspecified atom stereocenters. The number of alkyl halides is 3. The van der Waals surface area contributed by atoms with Crippen molar-refractivity contribution in [2.24, 2.45) is 0 Å². The van der Waals surface area contributed by atoms with E-state index in [-0.39, 0.29) is 11.4 Å². The summed E-state index contributed by atoms with van der Waals surface area (Å²) in [6, 6.07) is 12.1. The Morgan fingerprint density at radius 1 is 1.07 bits per heavy atom. The van der Waals surface area contributed by atoms with E-state index in [2.05, 4.69) is 5.32 Å². The first-order valence-electron chi connectivity index (χ1n) is 7.84. The molecule has 0 aliphatic heterocycles. The van der Waals surface area contributed by atoms with E-state index in [0.29, 0.717) is 11.6 Å². The number of halogens is 3. The number of anilines is 1. The maximum absolute atomic E-state index is 12.7. The zero-order valence-electron chi connectivity index (χ0n) is 14.3. The first-order valence-corrected chi connectivity index (χ1v) is 9.67. The van der Waals surface area contributed by atoms with Crippen LogP contribution < -0.4 is 5.32 Å². The third kappa shape index (κ3) is 6.07. The second-order valence-corrected chi connectivity index (χ2v) is 8.39. The highest BCUT2D eigenvalue weighted by atomic mass is 32.2. The molecule has 2 rings (SSSR count). The number of amides is 1. The van der Waals surface area contributed by atoms with E-state index >= 15 is 0 Å². The van der Waals surface area contributed by atoms with E-state index < -0.39 is 38.8 Å². The molecular formula is C18H18F3NO4S. The minimum Gasteiger partial charge on any atom is -0.379 e. The predicted molar refractivity (Wildman–Crippen MR) is 94.6 cm³/mol. The molecule has 0 saturated heterocycles. The van der Waals surface area contributed by atoms with Crippen molar-refractivity contribution in [3.05, 3.63) is 65.7 Å². The minimum atomic E-state index is -4.59. The summed E-state index contributed by atoms with van der Waals surface area (Å²) in [5.41, 5.74) is -3.00. The number of carbonyl (C=O) groups is 1. The van der Waals surface area contributed by atoms with Gasteiger partial charge < -0.3 is 10.4 Å². The number of hydrogen-bond acceptors (Lipinski definition) is 4. The number of carbonyl (C=O) groups excluding carboxylic acids is 1. The maximum atomic E-state index is 12.7. The molecule has 0 fully saturated rings. The Hall–Kier alpha value is -2.39. The third-order valence-electron chi connectivity index (χ3n) is 3.67. The molecular weight excluding hydrogens is 383 g/mol. The molecule has 0 aliphatic rings. The van der Waals surface area contributed by atoms with Gasteiger partial charge in [-0.3, -0.25) is 4.79 Å². The van der Waals surface area contributed by atoms with E-state index in [4.69, 9.17) is 0 Å². The average Bonchev–Trinajstić information content (AvgIpc) is 2.53. The Bertz CT molecular complexity index is 910. The van der Waals surface area contributed by atoms with Gasteiger partial charge >= 0.3 is 6.18 Å². The normalized spacial score (nSPS) is 14.4. The summed E-state index contributed by atoms with van der Waals surface area (Å²) in [7, 11) is -3.85. The van der Waals surface area contributed by atoms with E-state index in [1.807, 2.05) is 0 Å². The number of nitrogens with one attached hydrogen (secondary N) is 1. The van der Waals surface area contributed by atoms with Gasteiger partial charge in [0.15, 0.2) is 15.4 Å². The molecule has 0 aliphatic carbocycles. The Morgan fingerprint density at radius 3 is 2.30 bits per heavy atom. The monoisotopic (exact) mass is 401 g/mol. The summed E-state index contributed by atoms with van der Waals surface area (Å²) in [6.07, 6.45) is -4.59. The van der Waals surface area contributed by atoms with Crippen LogP contribution in [0.25, 0.3) is 0 Å². The van der Waals surface area contributed by atoms with Gasteiger partial charge in [0.1, 0.15) is 0 Å². The van der Waals surface area contributed by atoms with Gasteiger partial charge in [0, 0.05) is 5.69 Å². The van der Waals surface area contributed by atoms with E-state index in [0.717, 1.165) is 19.1 Å². The molecule has 146 valence electrons. The lowest BCUT2D eigenvalue weighted by atomic mass is 10.1. The Kier molecular flexibility index (Phi) is 5.96. The van der Waals surface area contributed by atoms with Crippen LogP contribution in [0.2, 0.25) is 0 Å². The van der Waals surface area contributed by atoms with Crippen molar-refractivity contribution in [1.29, 1.82) is 0 Å². The molecule has 2 aromatic rings. The second kappa shape index (κ2) is 7.69. The van der Waals surface area contributed by atoms with Gasteiger partial charge in [0.05, 0.1) is 17.1 Å². The van der Waals surface area contributed by atoms with Crippen molar-refractivity contribution in [3.8, 4) is 0 Å². The molecule has 0 aromatic heterocycles. The van der Waals surface area contributed by atoms with Crippen molar-refractivity contribution in [1.82, 2.24) is 0 Å². The first kappa shape index (κ1) is 20.9. The van der Waals surface area contributed by atoms with Crippen LogP contribution in [0.15, 0.2) is 54.6 Å². The maximum Gasteiger partial charge on any atom is 0.416 e. The van der Waals surface area contributed by atoms with Crippen molar-refractivity contribution >= 4 is 21.4 Å². The largest absolute Gasteiger partial charge is 0.416 e. The highest BCUT2D eigenvalue weighted by Crippen LogP contribution is 2.30. The quantitative estimate of drug-likeness (QED) is 0.780. The third-order valence-corrected chi connectivity index (χ3v) is 5.44. The zero-order valence-corrected chi connectivity index (χ0v) is 15.1. The zero-order chi connectivity index (χ0) is 20.3. The molecule has 0 spiro atoms. The van der Waals surface area contributed by atoms with E-state index in [9.17, 15) is 31.5 Å². The number of aliphatic hydroxyl groups is 1. The van der Waals surface area contributed by atoms with Crippen LogP contribution in [0.4, 0.5) is 18.9 Å². The van der Waals surface area contributed by atoms with Crippen LogP contribution >= 0.6 is 0 Å². The van der Waals surface area contributed by atoms with Crippen molar-refractivity contribution in [3.63, 3.8) is 0 Å². The first-order chi connectivity index (χ1) is 12.4. The molecule has 9 heteroatoms. The smallest absolute Gasteiger partial charge is 0.379 e. The lowest BCUT2D eigenvalue weighted by Crippen LogP contribution is -2.46. The lowest BCUT2D eigenvalue weighted by molar-refractivity contribution is -0.137. The number of benzene rings is 2. The van der Waals surface area contributed by atoms with Crippen LogP contribution in [0.3, 0.4) is 0 Å². The fourth-order valence-electron chi connectivity index (χ4n) is 2.41. The van der Waals surface area contributed by atoms with Crippen LogP contribution in [-0.4, -0.2) is 30.8 Å². The summed E-state index contributed by atoms with van der Waals surface area (Å²) in [4.78, 5) is 12.2. The standard InChI is InChI=1S/C18H18F3NO4S/c1-17(24,12-27(25,26)11-13-6-3-2-4-7-13)16(23)22-15-9-5-8-14(10-15)18(19,20)21/h2-10,24H,11-12H2,1H3,(H,22,23)/t17-/m1/s1. The van der Waals surface area contributed by atoms with Crippen LogP contribution in [0.5, 0.6) is 0 Å². The highest BCUT2D eigenvalue weighted by Gasteiger charge is 2.36. The SMILES string of the molecule is C[C@@](O)(CS(=O)(=O)Cc1ccccc1)C(=O)Nc1cccc(C(F)(F)F)c1. The summed E-state index contributed by atoms with van der Waals surface area (Å²) < 4.78 is 62.7. The van der Waals surface area contributed by atoms with Crippen LogP contribution in [-0.2, 0) is 26.6 Å². The summed E-state index contributed by atoms with van der Waals surface area (Å²) in [5, 5.41) is 12.4. The predicted octanol–water partition coefficient (Wildman–Crippen LogP) is 3.01. The number of sulfone groups is 1. The van der Waals surface area contributed by atoms with Crippen molar-refractivity contribution in [2.45, 2.75) is 24.5 Å². The fraction of sp³-hybridized carbons (Fsp3) is 0.278. The average molecular weight is 401 g/mol.